The lowest BCUT2D eigenvalue weighted by Crippen LogP contribution is -2.25. The lowest BCUT2D eigenvalue weighted by Gasteiger charge is -2.22. The Bertz CT molecular complexity index is 335. The average Bonchev–Trinajstić information content (AvgIpc) is 2.81. The molecule has 1 saturated carbocycles. The monoisotopic (exact) mass is 204 g/mol. The van der Waals surface area contributed by atoms with Gasteiger partial charge in [-0.1, -0.05) is 12.1 Å². The number of nitrogens with two attached hydrogens (primary N) is 1. The summed E-state index contributed by atoms with van der Waals surface area (Å²) in [4.78, 5) is 0. The van der Waals surface area contributed by atoms with E-state index in [-0.39, 0.29) is 5.54 Å². The number of hydrogen-bond donors (Lipinski definition) is 2. The van der Waals surface area contributed by atoms with E-state index in [0.717, 1.165) is 6.42 Å². The highest BCUT2D eigenvalue weighted by Gasteiger charge is 2.34. The zero-order chi connectivity index (χ0) is 11.1. The van der Waals surface area contributed by atoms with Gasteiger partial charge in [0.15, 0.2) is 0 Å². The molecule has 0 aliphatic heterocycles. The van der Waals surface area contributed by atoms with Crippen LogP contribution in [0.2, 0.25) is 0 Å². The molecule has 82 valence electrons. The molecular weight excluding hydrogens is 184 g/mol. The Balaban J connectivity index is 2.04. The molecule has 1 aromatic carbocycles. The van der Waals surface area contributed by atoms with Crippen molar-refractivity contribution in [3.8, 4) is 0 Å². The third-order valence-electron chi connectivity index (χ3n) is 2.70. The van der Waals surface area contributed by atoms with Gasteiger partial charge in [0.1, 0.15) is 0 Å². The van der Waals surface area contributed by atoms with Gasteiger partial charge in [0.25, 0.3) is 0 Å². The van der Waals surface area contributed by atoms with Crippen LogP contribution in [0.4, 0.5) is 5.69 Å². The van der Waals surface area contributed by atoms with E-state index in [1.54, 1.807) is 0 Å². The summed E-state index contributed by atoms with van der Waals surface area (Å²) < 4.78 is 0. The Morgan fingerprint density at radius 1 is 1.20 bits per heavy atom. The average molecular weight is 204 g/mol. The van der Waals surface area contributed by atoms with Crippen LogP contribution >= 0.6 is 0 Å². The van der Waals surface area contributed by atoms with Gasteiger partial charge in [0, 0.05) is 23.2 Å². The number of benzene rings is 1. The van der Waals surface area contributed by atoms with Crippen LogP contribution in [-0.4, -0.2) is 11.6 Å². The molecule has 1 fully saturated rings. The minimum atomic E-state index is 0.123. The number of hydrogen-bond acceptors (Lipinski definition) is 2. The summed E-state index contributed by atoms with van der Waals surface area (Å²) in [5, 5.41) is 3.45. The highest BCUT2D eigenvalue weighted by atomic mass is 14.9. The van der Waals surface area contributed by atoms with Gasteiger partial charge in [0.2, 0.25) is 0 Å². The van der Waals surface area contributed by atoms with E-state index < -0.39 is 0 Å². The van der Waals surface area contributed by atoms with E-state index in [2.05, 4.69) is 50.4 Å². The summed E-state index contributed by atoms with van der Waals surface area (Å²) in [5.41, 5.74) is 8.50. The van der Waals surface area contributed by atoms with Crippen molar-refractivity contribution < 1.29 is 0 Å². The number of nitrogens with one attached hydrogen (secondary N) is 1. The minimum Gasteiger partial charge on any atom is -0.380 e. The van der Waals surface area contributed by atoms with Crippen molar-refractivity contribution in [1.29, 1.82) is 0 Å². The first-order chi connectivity index (χ1) is 6.96. The molecule has 0 bridgehead atoms. The summed E-state index contributed by atoms with van der Waals surface area (Å²) >= 11 is 0. The smallest absolute Gasteiger partial charge is 0.0344 e. The van der Waals surface area contributed by atoms with Crippen molar-refractivity contribution in [3.63, 3.8) is 0 Å². The van der Waals surface area contributed by atoms with Crippen molar-refractivity contribution in [1.82, 2.24) is 0 Å². The topological polar surface area (TPSA) is 38.0 Å². The molecule has 0 aromatic heterocycles. The van der Waals surface area contributed by atoms with Gasteiger partial charge in [-0.2, -0.15) is 0 Å². The first-order valence-corrected chi connectivity index (χ1v) is 5.59. The fraction of sp³-hybridized carbons (Fsp3) is 0.538. The predicted octanol–water partition coefficient (Wildman–Crippen LogP) is 2.71. The molecule has 2 nitrogen and oxygen atoms in total. The first-order valence-electron chi connectivity index (χ1n) is 5.59. The lowest BCUT2D eigenvalue weighted by molar-refractivity contribution is 0.634. The molecule has 0 radical (unpaired) electrons. The van der Waals surface area contributed by atoms with E-state index >= 15 is 0 Å². The van der Waals surface area contributed by atoms with E-state index in [4.69, 9.17) is 5.73 Å². The molecule has 1 aliphatic rings. The number of anilines is 1. The molecule has 3 N–H and O–H groups in total. The quantitative estimate of drug-likeness (QED) is 0.777. The first kappa shape index (κ1) is 10.5. The van der Waals surface area contributed by atoms with Gasteiger partial charge in [-0.25, -0.2) is 0 Å². The van der Waals surface area contributed by atoms with Crippen molar-refractivity contribution in [2.45, 2.75) is 44.7 Å². The molecule has 0 amide bonds. The normalized spacial score (nSPS) is 25.1. The van der Waals surface area contributed by atoms with Gasteiger partial charge in [-0.15, -0.1) is 0 Å². The molecular formula is C13H20N2. The Morgan fingerprint density at radius 2 is 1.73 bits per heavy atom. The SMILES string of the molecule is CC(C)(C)Nc1ccc([C@H]2C[C@@H]2N)cc1. The Hall–Kier alpha value is -1.02. The predicted molar refractivity (Wildman–Crippen MR) is 65.2 cm³/mol. The van der Waals surface area contributed by atoms with Crippen LogP contribution in [0.1, 0.15) is 38.7 Å². The highest BCUT2D eigenvalue weighted by Crippen LogP contribution is 2.39. The van der Waals surface area contributed by atoms with E-state index in [0.29, 0.717) is 12.0 Å². The van der Waals surface area contributed by atoms with Crippen LogP contribution < -0.4 is 11.1 Å². The third-order valence-corrected chi connectivity index (χ3v) is 2.70. The van der Waals surface area contributed by atoms with Crippen LogP contribution in [0.25, 0.3) is 0 Å². The van der Waals surface area contributed by atoms with E-state index in [1.807, 2.05) is 0 Å². The minimum absolute atomic E-state index is 0.123. The molecule has 0 heterocycles. The highest BCUT2D eigenvalue weighted by molar-refractivity contribution is 5.47. The largest absolute Gasteiger partial charge is 0.380 e. The molecule has 0 saturated heterocycles. The molecule has 2 rings (SSSR count). The summed E-state index contributed by atoms with van der Waals surface area (Å²) in [7, 11) is 0. The van der Waals surface area contributed by atoms with Crippen molar-refractivity contribution in [2.75, 3.05) is 5.32 Å². The number of rotatable bonds is 2. The fourth-order valence-electron chi connectivity index (χ4n) is 1.84. The van der Waals surface area contributed by atoms with Crippen molar-refractivity contribution >= 4 is 5.69 Å². The molecule has 1 aliphatic carbocycles. The van der Waals surface area contributed by atoms with Crippen LogP contribution in [-0.2, 0) is 0 Å². The van der Waals surface area contributed by atoms with E-state index in [1.165, 1.54) is 11.3 Å². The van der Waals surface area contributed by atoms with Crippen LogP contribution in [0, 0.1) is 0 Å². The summed E-state index contributed by atoms with van der Waals surface area (Å²) in [6.07, 6.45) is 1.14. The third kappa shape index (κ3) is 2.72. The Morgan fingerprint density at radius 3 is 2.13 bits per heavy atom. The fourth-order valence-corrected chi connectivity index (χ4v) is 1.84. The molecule has 0 unspecified atom stereocenters. The van der Waals surface area contributed by atoms with Gasteiger partial charge in [0.05, 0.1) is 0 Å². The Kier molecular flexibility index (Phi) is 2.47. The molecule has 2 heteroatoms. The summed E-state index contributed by atoms with van der Waals surface area (Å²) in [6, 6.07) is 9.06. The second-order valence-electron chi connectivity index (χ2n) is 5.50. The second-order valence-corrected chi connectivity index (χ2v) is 5.50. The standard InChI is InChI=1S/C13H20N2/c1-13(2,3)15-10-6-4-9(5-7-10)11-8-12(11)14/h4-7,11-12,15H,8,14H2,1-3H3/t11-,12+/m1/s1. The Labute approximate surface area is 91.9 Å². The maximum atomic E-state index is 5.82. The maximum absolute atomic E-state index is 5.82. The maximum Gasteiger partial charge on any atom is 0.0344 e. The van der Waals surface area contributed by atoms with Crippen molar-refractivity contribution in [3.05, 3.63) is 29.8 Å². The zero-order valence-corrected chi connectivity index (χ0v) is 9.75. The zero-order valence-electron chi connectivity index (χ0n) is 9.75. The van der Waals surface area contributed by atoms with Crippen LogP contribution in [0.15, 0.2) is 24.3 Å². The van der Waals surface area contributed by atoms with Gasteiger partial charge >= 0.3 is 0 Å². The van der Waals surface area contributed by atoms with E-state index in [9.17, 15) is 0 Å². The van der Waals surface area contributed by atoms with Gasteiger partial charge in [-0.3, -0.25) is 0 Å². The van der Waals surface area contributed by atoms with Crippen LogP contribution in [0.5, 0.6) is 0 Å². The second kappa shape index (κ2) is 3.53. The summed E-state index contributed by atoms with van der Waals surface area (Å²) in [6.45, 7) is 6.49. The lowest BCUT2D eigenvalue weighted by atomic mass is 10.1. The molecule has 0 spiro atoms. The molecule has 15 heavy (non-hydrogen) atoms. The molecule has 2 atom stereocenters. The summed E-state index contributed by atoms with van der Waals surface area (Å²) in [5.74, 6) is 0.605. The van der Waals surface area contributed by atoms with Crippen molar-refractivity contribution in [2.24, 2.45) is 5.73 Å². The van der Waals surface area contributed by atoms with Crippen LogP contribution in [0.3, 0.4) is 0 Å². The molecule has 1 aromatic rings. The van der Waals surface area contributed by atoms with Gasteiger partial charge in [-0.05, 0) is 44.9 Å². The van der Waals surface area contributed by atoms with Gasteiger partial charge < -0.3 is 11.1 Å².